The van der Waals surface area contributed by atoms with Crippen LogP contribution in [0.5, 0.6) is 0 Å². The Kier molecular flexibility index (Phi) is 3.32. The summed E-state index contributed by atoms with van der Waals surface area (Å²) in [6.07, 6.45) is 1.36. The Bertz CT molecular complexity index is 321. The number of halogens is 1. The molecule has 0 spiro atoms. The van der Waals surface area contributed by atoms with E-state index in [-0.39, 0.29) is 0 Å². The molecule has 0 heterocycles. The van der Waals surface area contributed by atoms with Crippen LogP contribution >= 0.6 is 11.6 Å². The highest BCUT2D eigenvalue weighted by Crippen LogP contribution is 2.24. The van der Waals surface area contributed by atoms with Gasteiger partial charge in [-0.3, -0.25) is 0 Å². The number of oxime groups is 1. The van der Waals surface area contributed by atoms with E-state index >= 15 is 0 Å². The van der Waals surface area contributed by atoms with Crippen LogP contribution in [0.25, 0.3) is 0 Å². The van der Waals surface area contributed by atoms with E-state index < -0.39 is 0 Å². The summed E-state index contributed by atoms with van der Waals surface area (Å²) < 4.78 is 0. The molecule has 0 aliphatic heterocycles. The van der Waals surface area contributed by atoms with Gasteiger partial charge >= 0.3 is 0 Å². The zero-order chi connectivity index (χ0) is 9.84. The smallest absolute Gasteiger partial charge is 0.0734 e. The van der Waals surface area contributed by atoms with Crippen LogP contribution in [0.4, 0.5) is 0 Å². The lowest BCUT2D eigenvalue weighted by Gasteiger charge is -2.07. The van der Waals surface area contributed by atoms with Gasteiger partial charge in [-0.2, -0.15) is 0 Å². The highest BCUT2D eigenvalue weighted by atomic mass is 35.5. The van der Waals surface area contributed by atoms with Gasteiger partial charge in [0.05, 0.1) is 6.21 Å². The van der Waals surface area contributed by atoms with Gasteiger partial charge in [-0.05, 0) is 23.1 Å². The zero-order valence-corrected chi connectivity index (χ0v) is 8.42. The van der Waals surface area contributed by atoms with Crippen LogP contribution in [0.3, 0.4) is 0 Å². The second-order valence-corrected chi connectivity index (χ2v) is 3.59. The largest absolute Gasteiger partial charge is 0.411 e. The minimum absolute atomic E-state index is 0.410. The third kappa shape index (κ3) is 2.46. The fraction of sp³-hybridized carbons (Fsp3) is 0.300. The summed E-state index contributed by atoms with van der Waals surface area (Å²) in [6.45, 7) is 4.17. The lowest BCUT2D eigenvalue weighted by atomic mass is 10.0. The predicted molar refractivity (Wildman–Crippen MR) is 54.9 cm³/mol. The average Bonchev–Trinajstić information content (AvgIpc) is 2.04. The van der Waals surface area contributed by atoms with Gasteiger partial charge in [-0.15, -0.1) is 0 Å². The molecule has 70 valence electrons. The molecule has 0 aliphatic carbocycles. The van der Waals surface area contributed by atoms with Crippen molar-refractivity contribution < 1.29 is 5.21 Å². The van der Waals surface area contributed by atoms with Gasteiger partial charge in [0, 0.05) is 5.02 Å². The maximum Gasteiger partial charge on any atom is 0.0734 e. The van der Waals surface area contributed by atoms with Gasteiger partial charge in [0.25, 0.3) is 0 Å². The Hall–Kier alpha value is -1.02. The number of benzene rings is 1. The topological polar surface area (TPSA) is 32.6 Å². The minimum Gasteiger partial charge on any atom is -0.411 e. The van der Waals surface area contributed by atoms with Crippen LogP contribution < -0.4 is 0 Å². The Morgan fingerprint density at radius 3 is 2.62 bits per heavy atom. The third-order valence-corrected chi connectivity index (χ3v) is 2.18. The van der Waals surface area contributed by atoms with Crippen molar-refractivity contribution in [1.82, 2.24) is 0 Å². The van der Waals surface area contributed by atoms with Gasteiger partial charge in [0.2, 0.25) is 0 Å². The van der Waals surface area contributed by atoms with E-state index in [1.165, 1.54) is 6.21 Å². The quantitative estimate of drug-likeness (QED) is 0.441. The first-order valence-electron chi connectivity index (χ1n) is 4.12. The molecule has 1 N–H and O–H groups in total. The van der Waals surface area contributed by atoms with E-state index in [1.54, 1.807) is 6.07 Å². The molecule has 0 unspecified atom stereocenters. The SMILES string of the molecule is CC(C)c1ccc(/C=N/O)cc1Cl. The fourth-order valence-electron chi connectivity index (χ4n) is 1.16. The van der Waals surface area contributed by atoms with Crippen molar-refractivity contribution >= 4 is 17.8 Å². The van der Waals surface area contributed by atoms with E-state index in [9.17, 15) is 0 Å². The molecule has 0 saturated carbocycles. The monoisotopic (exact) mass is 197 g/mol. The Morgan fingerprint density at radius 2 is 2.15 bits per heavy atom. The molecule has 13 heavy (non-hydrogen) atoms. The summed E-state index contributed by atoms with van der Waals surface area (Å²) in [7, 11) is 0. The highest BCUT2D eigenvalue weighted by Gasteiger charge is 2.04. The molecule has 2 nitrogen and oxygen atoms in total. The van der Waals surface area contributed by atoms with Gasteiger partial charge < -0.3 is 5.21 Å². The normalized spacial score (nSPS) is 11.4. The Balaban J connectivity index is 3.05. The maximum atomic E-state index is 8.32. The molecular weight excluding hydrogens is 186 g/mol. The summed E-state index contributed by atoms with van der Waals surface area (Å²) in [5, 5.41) is 12.0. The summed E-state index contributed by atoms with van der Waals surface area (Å²) in [4.78, 5) is 0. The molecule has 0 fully saturated rings. The number of nitrogens with zero attached hydrogens (tertiary/aromatic N) is 1. The van der Waals surface area contributed by atoms with Crippen LogP contribution in [0.2, 0.25) is 5.02 Å². The molecule has 1 aromatic rings. The molecule has 0 aromatic heterocycles. The molecule has 0 saturated heterocycles. The number of rotatable bonds is 2. The molecule has 0 bridgehead atoms. The molecule has 0 atom stereocenters. The first-order chi connectivity index (χ1) is 6.15. The van der Waals surface area contributed by atoms with Gasteiger partial charge in [-0.1, -0.05) is 42.7 Å². The molecule has 1 rings (SSSR count). The van der Waals surface area contributed by atoms with Crippen molar-refractivity contribution in [3.05, 3.63) is 34.3 Å². The lowest BCUT2D eigenvalue weighted by molar-refractivity contribution is 0.322. The molecule has 1 aromatic carbocycles. The first-order valence-corrected chi connectivity index (χ1v) is 4.50. The van der Waals surface area contributed by atoms with Crippen molar-refractivity contribution in [3.8, 4) is 0 Å². The van der Waals surface area contributed by atoms with Gasteiger partial charge in [0.15, 0.2) is 0 Å². The van der Waals surface area contributed by atoms with E-state index in [4.69, 9.17) is 16.8 Å². The van der Waals surface area contributed by atoms with E-state index in [0.717, 1.165) is 11.1 Å². The van der Waals surface area contributed by atoms with E-state index in [0.29, 0.717) is 10.9 Å². The van der Waals surface area contributed by atoms with Crippen LogP contribution in [-0.2, 0) is 0 Å². The predicted octanol–water partition coefficient (Wildman–Crippen LogP) is 3.27. The van der Waals surface area contributed by atoms with Crippen molar-refractivity contribution in [1.29, 1.82) is 0 Å². The molecule has 0 aliphatic rings. The molecular formula is C10H12ClNO. The first kappa shape index (κ1) is 10.1. The second kappa shape index (κ2) is 4.28. The van der Waals surface area contributed by atoms with Crippen LogP contribution in [0, 0.1) is 0 Å². The van der Waals surface area contributed by atoms with Crippen LogP contribution in [-0.4, -0.2) is 11.4 Å². The number of hydrogen-bond donors (Lipinski definition) is 1. The molecule has 3 heteroatoms. The Labute approximate surface area is 82.8 Å². The van der Waals surface area contributed by atoms with Crippen LogP contribution in [0.15, 0.2) is 23.4 Å². The van der Waals surface area contributed by atoms with Gasteiger partial charge in [-0.25, -0.2) is 0 Å². The highest BCUT2D eigenvalue weighted by molar-refractivity contribution is 6.31. The summed E-state index contributed by atoms with van der Waals surface area (Å²) in [6, 6.07) is 5.61. The maximum absolute atomic E-state index is 8.32. The minimum atomic E-state index is 0.410. The standard InChI is InChI=1S/C10H12ClNO/c1-7(2)9-4-3-8(6-12-13)5-10(9)11/h3-7,13H,1-2H3/b12-6+. The average molecular weight is 198 g/mol. The summed E-state index contributed by atoms with van der Waals surface area (Å²) in [5.41, 5.74) is 1.91. The summed E-state index contributed by atoms with van der Waals surface area (Å²) in [5.74, 6) is 0.410. The van der Waals surface area contributed by atoms with E-state index in [2.05, 4.69) is 19.0 Å². The molecule has 0 amide bonds. The lowest BCUT2D eigenvalue weighted by Crippen LogP contribution is -1.90. The van der Waals surface area contributed by atoms with Crippen molar-refractivity contribution in [3.63, 3.8) is 0 Å². The number of hydrogen-bond acceptors (Lipinski definition) is 2. The van der Waals surface area contributed by atoms with Crippen molar-refractivity contribution in [2.24, 2.45) is 5.16 Å². The van der Waals surface area contributed by atoms with Crippen molar-refractivity contribution in [2.45, 2.75) is 19.8 Å². The summed E-state index contributed by atoms with van der Waals surface area (Å²) >= 11 is 6.02. The Morgan fingerprint density at radius 1 is 1.46 bits per heavy atom. The van der Waals surface area contributed by atoms with Gasteiger partial charge in [0.1, 0.15) is 0 Å². The third-order valence-electron chi connectivity index (χ3n) is 1.85. The fourth-order valence-corrected chi connectivity index (χ4v) is 1.57. The zero-order valence-electron chi connectivity index (χ0n) is 7.66. The van der Waals surface area contributed by atoms with E-state index in [1.807, 2.05) is 12.1 Å². The van der Waals surface area contributed by atoms with Crippen LogP contribution in [0.1, 0.15) is 30.9 Å². The second-order valence-electron chi connectivity index (χ2n) is 3.18. The van der Waals surface area contributed by atoms with Crippen molar-refractivity contribution in [2.75, 3.05) is 0 Å². The molecule has 0 radical (unpaired) electrons.